The SMILES string of the molecule is CC1(C)OC12[C@H]1c3ccccc3[C@H]2[C@H]2[C@@H]1[C@H](Cl)C=C[C@H]2Cl. The summed E-state index contributed by atoms with van der Waals surface area (Å²) >= 11 is 13.4. The van der Waals surface area contributed by atoms with Crippen LogP contribution >= 0.6 is 23.2 Å². The van der Waals surface area contributed by atoms with Crippen molar-refractivity contribution in [3.8, 4) is 0 Å². The molecule has 1 spiro atoms. The Labute approximate surface area is 135 Å². The largest absolute Gasteiger partial charge is 0.362 e. The molecule has 1 nitrogen and oxygen atoms in total. The van der Waals surface area contributed by atoms with Crippen LogP contribution in [0, 0.1) is 11.8 Å². The van der Waals surface area contributed by atoms with Crippen LogP contribution in [-0.2, 0) is 4.74 Å². The fourth-order valence-electron chi connectivity index (χ4n) is 5.70. The van der Waals surface area contributed by atoms with Gasteiger partial charge in [-0.1, -0.05) is 36.4 Å². The normalized spacial score (nSPS) is 51.0. The molecule has 0 radical (unpaired) electrons. The van der Waals surface area contributed by atoms with Crippen molar-refractivity contribution in [3.63, 3.8) is 0 Å². The first-order valence-corrected chi connectivity index (χ1v) is 8.62. The van der Waals surface area contributed by atoms with Crippen LogP contribution in [0.5, 0.6) is 0 Å². The number of rotatable bonds is 0. The van der Waals surface area contributed by atoms with Crippen LogP contribution in [0.2, 0.25) is 0 Å². The van der Waals surface area contributed by atoms with Crippen LogP contribution in [0.3, 0.4) is 0 Å². The van der Waals surface area contributed by atoms with Crippen molar-refractivity contribution in [2.75, 3.05) is 0 Å². The van der Waals surface area contributed by atoms with Crippen LogP contribution < -0.4 is 0 Å². The van der Waals surface area contributed by atoms with Crippen LogP contribution in [0.4, 0.5) is 0 Å². The molecule has 1 saturated carbocycles. The topological polar surface area (TPSA) is 12.5 Å². The number of benzene rings is 1. The number of alkyl halides is 2. The molecule has 1 aromatic rings. The summed E-state index contributed by atoms with van der Waals surface area (Å²) in [6.07, 6.45) is 4.18. The Kier molecular flexibility index (Phi) is 2.28. The molecule has 0 amide bonds. The number of fused-ring (bicyclic) bond motifs is 6. The standard InChI is InChI=1S/C18H18Cl2O/c1-17(2)18(21-17)15-9-5-3-4-6-10(9)16(18)14-12(20)8-7-11(19)13(14)15/h3-8,11-16H,1-2H3/t11-,12-,13-,14+,15+,16+,18?/m1/s1. The van der Waals surface area contributed by atoms with Gasteiger partial charge < -0.3 is 4.74 Å². The van der Waals surface area contributed by atoms with Gasteiger partial charge in [-0.05, 0) is 36.8 Å². The molecule has 5 rings (SSSR count). The predicted octanol–water partition coefficient (Wildman–Crippen LogP) is 4.45. The molecular formula is C18H18Cl2O. The van der Waals surface area contributed by atoms with Crippen molar-refractivity contribution < 1.29 is 4.74 Å². The molecule has 1 saturated heterocycles. The summed E-state index contributed by atoms with van der Waals surface area (Å²) < 4.78 is 6.37. The quantitative estimate of drug-likeness (QED) is 0.391. The van der Waals surface area contributed by atoms with E-state index in [1.165, 1.54) is 11.1 Å². The first-order chi connectivity index (χ1) is 9.99. The molecule has 1 aromatic carbocycles. The zero-order valence-electron chi connectivity index (χ0n) is 12.1. The molecular weight excluding hydrogens is 303 g/mol. The van der Waals surface area contributed by atoms with Gasteiger partial charge in [0.05, 0.1) is 16.4 Å². The second-order valence-electron chi connectivity index (χ2n) is 7.42. The first kappa shape index (κ1) is 13.0. The molecule has 3 aliphatic carbocycles. The second kappa shape index (κ2) is 3.69. The lowest BCUT2D eigenvalue weighted by Gasteiger charge is -2.38. The molecule has 4 aliphatic rings. The highest BCUT2D eigenvalue weighted by atomic mass is 35.5. The Hall–Kier alpha value is -0.500. The number of hydrogen-bond donors (Lipinski definition) is 0. The van der Waals surface area contributed by atoms with Crippen LogP contribution in [0.1, 0.15) is 36.8 Å². The molecule has 0 N–H and O–H groups in total. The number of halogens is 2. The number of ether oxygens (including phenoxy) is 1. The van der Waals surface area contributed by atoms with Crippen LogP contribution in [-0.4, -0.2) is 22.0 Å². The van der Waals surface area contributed by atoms with E-state index in [-0.39, 0.29) is 22.0 Å². The van der Waals surface area contributed by atoms with E-state index in [0.29, 0.717) is 23.7 Å². The Bertz CT molecular complexity index is 620. The van der Waals surface area contributed by atoms with Gasteiger partial charge in [0.1, 0.15) is 5.60 Å². The highest BCUT2D eigenvalue weighted by molar-refractivity contribution is 6.24. The van der Waals surface area contributed by atoms with E-state index >= 15 is 0 Å². The van der Waals surface area contributed by atoms with E-state index in [4.69, 9.17) is 27.9 Å². The van der Waals surface area contributed by atoms with Gasteiger partial charge in [0.2, 0.25) is 0 Å². The summed E-state index contributed by atoms with van der Waals surface area (Å²) in [7, 11) is 0. The third-order valence-corrected chi connectivity index (χ3v) is 7.21. The molecule has 1 heterocycles. The fourth-order valence-corrected chi connectivity index (χ4v) is 6.49. The van der Waals surface area contributed by atoms with Crippen molar-refractivity contribution in [2.45, 2.75) is 47.6 Å². The summed E-state index contributed by atoms with van der Waals surface area (Å²) in [5.41, 5.74) is 2.72. The summed E-state index contributed by atoms with van der Waals surface area (Å²) in [6.45, 7) is 4.44. The van der Waals surface area contributed by atoms with Crippen LogP contribution in [0.15, 0.2) is 36.4 Å². The number of allylic oxidation sites excluding steroid dienone is 2. The molecule has 7 atom stereocenters. The Morgan fingerprint density at radius 2 is 1.33 bits per heavy atom. The van der Waals surface area contributed by atoms with Crippen molar-refractivity contribution >= 4 is 23.2 Å². The lowest BCUT2D eigenvalue weighted by molar-refractivity contribution is 0.252. The summed E-state index contributed by atoms with van der Waals surface area (Å²) in [6, 6.07) is 8.80. The van der Waals surface area contributed by atoms with Crippen LogP contribution in [0.25, 0.3) is 0 Å². The van der Waals surface area contributed by atoms with E-state index in [1.54, 1.807) is 0 Å². The smallest absolute Gasteiger partial charge is 0.112 e. The highest BCUT2D eigenvalue weighted by Gasteiger charge is 2.82. The van der Waals surface area contributed by atoms with Gasteiger partial charge in [0.25, 0.3) is 0 Å². The zero-order valence-corrected chi connectivity index (χ0v) is 13.6. The molecule has 1 unspecified atom stereocenters. The van der Waals surface area contributed by atoms with E-state index < -0.39 is 0 Å². The van der Waals surface area contributed by atoms with E-state index in [0.717, 1.165) is 0 Å². The van der Waals surface area contributed by atoms with Gasteiger partial charge in [-0.2, -0.15) is 0 Å². The predicted molar refractivity (Wildman–Crippen MR) is 85.2 cm³/mol. The average molecular weight is 321 g/mol. The van der Waals surface area contributed by atoms with Gasteiger partial charge in [-0.15, -0.1) is 23.2 Å². The monoisotopic (exact) mass is 320 g/mol. The highest BCUT2D eigenvalue weighted by Crippen LogP contribution is 2.79. The maximum absolute atomic E-state index is 6.69. The summed E-state index contributed by atoms with van der Waals surface area (Å²) in [5.74, 6) is 1.54. The van der Waals surface area contributed by atoms with Crippen molar-refractivity contribution in [3.05, 3.63) is 47.5 Å². The Morgan fingerprint density at radius 3 is 1.71 bits per heavy atom. The minimum atomic E-state index is -0.0850. The molecule has 21 heavy (non-hydrogen) atoms. The van der Waals surface area contributed by atoms with E-state index in [2.05, 4.69) is 50.3 Å². The lowest BCUT2D eigenvalue weighted by atomic mass is 9.70. The number of hydrogen-bond acceptors (Lipinski definition) is 1. The third kappa shape index (κ3) is 1.27. The molecule has 110 valence electrons. The number of epoxide rings is 1. The lowest BCUT2D eigenvalue weighted by Crippen LogP contribution is -2.36. The molecule has 3 heteroatoms. The summed E-state index contributed by atoms with van der Waals surface area (Å²) in [5, 5.41) is 0.121. The zero-order chi connectivity index (χ0) is 14.6. The Morgan fingerprint density at radius 1 is 0.905 bits per heavy atom. The minimum Gasteiger partial charge on any atom is -0.362 e. The van der Waals surface area contributed by atoms with E-state index in [9.17, 15) is 0 Å². The minimum absolute atomic E-state index is 0.0604. The summed E-state index contributed by atoms with van der Waals surface area (Å²) in [4.78, 5) is 0. The van der Waals surface area contributed by atoms with Crippen molar-refractivity contribution in [2.24, 2.45) is 11.8 Å². The first-order valence-electron chi connectivity index (χ1n) is 7.74. The van der Waals surface area contributed by atoms with Gasteiger partial charge in [0, 0.05) is 11.8 Å². The Balaban J connectivity index is 1.77. The molecule has 2 fully saturated rings. The van der Waals surface area contributed by atoms with E-state index in [1.807, 2.05) is 0 Å². The molecule has 0 aromatic heterocycles. The van der Waals surface area contributed by atoms with Crippen molar-refractivity contribution in [1.82, 2.24) is 0 Å². The van der Waals surface area contributed by atoms with Gasteiger partial charge in [0.15, 0.2) is 0 Å². The maximum Gasteiger partial charge on any atom is 0.112 e. The van der Waals surface area contributed by atoms with Gasteiger partial charge in [-0.25, -0.2) is 0 Å². The van der Waals surface area contributed by atoms with Gasteiger partial charge >= 0.3 is 0 Å². The third-order valence-electron chi connectivity index (χ3n) is 6.34. The van der Waals surface area contributed by atoms with Crippen molar-refractivity contribution in [1.29, 1.82) is 0 Å². The molecule has 1 aliphatic heterocycles. The fraction of sp³-hybridized carbons (Fsp3) is 0.556. The molecule has 2 bridgehead atoms. The second-order valence-corrected chi connectivity index (χ2v) is 8.43. The average Bonchev–Trinajstić information content (AvgIpc) is 2.78. The maximum atomic E-state index is 6.69. The van der Waals surface area contributed by atoms with Gasteiger partial charge in [-0.3, -0.25) is 0 Å².